The Bertz CT molecular complexity index is 518. The zero-order valence-electron chi connectivity index (χ0n) is 15.6. The van der Waals surface area contributed by atoms with Crippen LogP contribution in [0.3, 0.4) is 0 Å². The minimum atomic E-state index is -0.0184. The fourth-order valence-electron chi connectivity index (χ4n) is 4.21. The average Bonchev–Trinajstić information content (AvgIpc) is 2.55. The van der Waals surface area contributed by atoms with Crippen LogP contribution in [0.5, 0.6) is 5.75 Å². The molecular formula is C21H34N2O. The highest BCUT2D eigenvalue weighted by molar-refractivity contribution is 5.33. The molecule has 1 aliphatic rings. The Labute approximate surface area is 147 Å². The van der Waals surface area contributed by atoms with E-state index in [4.69, 9.17) is 0 Å². The summed E-state index contributed by atoms with van der Waals surface area (Å²) in [5.41, 5.74) is 1.20. The van der Waals surface area contributed by atoms with E-state index in [9.17, 15) is 5.11 Å². The first-order valence-electron chi connectivity index (χ1n) is 9.43. The van der Waals surface area contributed by atoms with Crippen LogP contribution in [0.25, 0.3) is 0 Å². The molecule has 1 aromatic carbocycles. The highest BCUT2D eigenvalue weighted by Crippen LogP contribution is 2.40. The molecule has 0 radical (unpaired) electrons. The van der Waals surface area contributed by atoms with Gasteiger partial charge in [0.25, 0.3) is 0 Å². The third-order valence-electron chi connectivity index (χ3n) is 5.16. The molecular weight excluding hydrogens is 296 g/mol. The predicted molar refractivity (Wildman–Crippen MR) is 102 cm³/mol. The van der Waals surface area contributed by atoms with Crippen molar-refractivity contribution in [3.8, 4) is 5.75 Å². The molecule has 0 heterocycles. The molecule has 0 atom stereocenters. The summed E-state index contributed by atoms with van der Waals surface area (Å²) in [7, 11) is 0. The number of nitrogens with zero attached hydrogens (tertiary/aromatic N) is 1. The molecule has 24 heavy (non-hydrogen) atoms. The second kappa shape index (κ2) is 8.68. The number of hydrogen-bond donors (Lipinski definition) is 2. The van der Waals surface area contributed by atoms with Crippen molar-refractivity contribution < 1.29 is 5.11 Å². The second-order valence-corrected chi connectivity index (χ2v) is 7.45. The van der Waals surface area contributed by atoms with Gasteiger partial charge in [0, 0.05) is 24.2 Å². The van der Waals surface area contributed by atoms with Crippen molar-refractivity contribution in [2.75, 3.05) is 13.1 Å². The van der Waals surface area contributed by atoms with Gasteiger partial charge in [-0.3, -0.25) is 4.90 Å². The largest absolute Gasteiger partial charge is 0.508 e. The molecule has 2 rings (SSSR count). The van der Waals surface area contributed by atoms with E-state index in [1.54, 1.807) is 6.07 Å². The summed E-state index contributed by atoms with van der Waals surface area (Å²) in [5.74, 6) is 0.360. The number of benzene rings is 1. The fourth-order valence-corrected chi connectivity index (χ4v) is 4.21. The number of hydrogen-bond acceptors (Lipinski definition) is 3. The first-order valence-corrected chi connectivity index (χ1v) is 9.43. The zero-order chi connectivity index (χ0) is 17.6. The highest BCUT2D eigenvalue weighted by Gasteiger charge is 2.38. The topological polar surface area (TPSA) is 35.5 Å². The molecule has 0 amide bonds. The van der Waals surface area contributed by atoms with E-state index in [-0.39, 0.29) is 5.54 Å². The van der Waals surface area contributed by atoms with Gasteiger partial charge < -0.3 is 10.4 Å². The molecule has 134 valence electrons. The first-order chi connectivity index (χ1) is 11.5. The van der Waals surface area contributed by atoms with E-state index in [0.29, 0.717) is 17.8 Å². The molecule has 3 nitrogen and oxygen atoms in total. The Kier molecular flexibility index (Phi) is 6.88. The molecule has 1 saturated carbocycles. The molecule has 0 aromatic heterocycles. The van der Waals surface area contributed by atoms with Gasteiger partial charge in [-0.1, -0.05) is 39.0 Å². The van der Waals surface area contributed by atoms with Crippen LogP contribution in [-0.4, -0.2) is 35.2 Å². The van der Waals surface area contributed by atoms with Crippen LogP contribution in [0, 0.1) is 0 Å². The van der Waals surface area contributed by atoms with Gasteiger partial charge in [-0.15, -0.1) is 6.58 Å². The Hall–Kier alpha value is -1.32. The SMILES string of the molecule is C=CCN(CCC)C1CCC(NC(C)C)(c2cccc(O)c2)CC1. The van der Waals surface area contributed by atoms with E-state index >= 15 is 0 Å². The molecule has 1 aliphatic carbocycles. The summed E-state index contributed by atoms with van der Waals surface area (Å²) in [6.07, 6.45) is 7.80. The Morgan fingerprint density at radius 1 is 1.38 bits per heavy atom. The number of aromatic hydroxyl groups is 1. The third kappa shape index (κ3) is 4.61. The summed E-state index contributed by atoms with van der Waals surface area (Å²) >= 11 is 0. The van der Waals surface area contributed by atoms with Gasteiger partial charge in [0.1, 0.15) is 5.75 Å². The standard InChI is InChI=1S/C21H34N2O/c1-5-14-23(15-6-2)19-10-12-21(13-11-19,22-17(3)4)18-8-7-9-20(24)16-18/h5,7-9,16-17,19,22,24H,1,6,10-15H2,2-4H3. The van der Waals surface area contributed by atoms with Crippen LogP contribution < -0.4 is 5.32 Å². The van der Waals surface area contributed by atoms with Crippen molar-refractivity contribution in [3.63, 3.8) is 0 Å². The van der Waals surface area contributed by atoms with Gasteiger partial charge >= 0.3 is 0 Å². The molecule has 1 aromatic rings. The van der Waals surface area contributed by atoms with Gasteiger partial charge in [0.15, 0.2) is 0 Å². The molecule has 3 heteroatoms. The van der Waals surface area contributed by atoms with E-state index < -0.39 is 0 Å². The average molecular weight is 331 g/mol. The molecule has 0 spiro atoms. The second-order valence-electron chi connectivity index (χ2n) is 7.45. The number of phenolic OH excluding ortho intramolecular Hbond substituents is 1. The van der Waals surface area contributed by atoms with Crippen LogP contribution in [0.4, 0.5) is 0 Å². The van der Waals surface area contributed by atoms with Gasteiger partial charge in [-0.05, 0) is 56.3 Å². The lowest BCUT2D eigenvalue weighted by Crippen LogP contribution is -2.51. The number of phenols is 1. The molecule has 0 unspecified atom stereocenters. The number of rotatable bonds is 8. The Morgan fingerprint density at radius 2 is 2.08 bits per heavy atom. The predicted octanol–water partition coefficient (Wildman–Crippen LogP) is 4.43. The van der Waals surface area contributed by atoms with Crippen LogP contribution >= 0.6 is 0 Å². The lowest BCUT2D eigenvalue weighted by Gasteiger charge is -2.45. The maximum absolute atomic E-state index is 9.93. The molecule has 0 bridgehead atoms. The maximum Gasteiger partial charge on any atom is 0.115 e. The van der Waals surface area contributed by atoms with Crippen LogP contribution in [-0.2, 0) is 5.54 Å². The van der Waals surface area contributed by atoms with Crippen molar-refractivity contribution in [1.82, 2.24) is 10.2 Å². The summed E-state index contributed by atoms with van der Waals surface area (Å²) in [6, 6.07) is 8.87. The minimum Gasteiger partial charge on any atom is -0.508 e. The van der Waals surface area contributed by atoms with Gasteiger partial charge in [0.05, 0.1) is 0 Å². The summed E-state index contributed by atoms with van der Waals surface area (Å²) in [4.78, 5) is 2.58. The first kappa shape index (κ1) is 19.0. The van der Waals surface area contributed by atoms with Gasteiger partial charge in [-0.2, -0.15) is 0 Å². The van der Waals surface area contributed by atoms with E-state index in [1.807, 2.05) is 18.2 Å². The van der Waals surface area contributed by atoms with Crippen LogP contribution in [0.1, 0.15) is 58.4 Å². The van der Waals surface area contributed by atoms with E-state index in [2.05, 4.69) is 43.6 Å². The Balaban J connectivity index is 2.16. The highest BCUT2D eigenvalue weighted by atomic mass is 16.3. The Morgan fingerprint density at radius 3 is 2.62 bits per heavy atom. The lowest BCUT2D eigenvalue weighted by atomic mass is 9.74. The minimum absolute atomic E-state index is 0.0184. The smallest absolute Gasteiger partial charge is 0.115 e. The molecule has 2 N–H and O–H groups in total. The maximum atomic E-state index is 9.93. The fraction of sp³-hybridized carbons (Fsp3) is 0.619. The van der Waals surface area contributed by atoms with Gasteiger partial charge in [0.2, 0.25) is 0 Å². The van der Waals surface area contributed by atoms with Crippen molar-refractivity contribution >= 4 is 0 Å². The normalized spacial score (nSPS) is 24.5. The third-order valence-corrected chi connectivity index (χ3v) is 5.16. The van der Waals surface area contributed by atoms with Crippen LogP contribution in [0.2, 0.25) is 0 Å². The molecule has 1 fully saturated rings. The monoisotopic (exact) mass is 330 g/mol. The summed E-state index contributed by atoms with van der Waals surface area (Å²) in [6.45, 7) is 12.7. The summed E-state index contributed by atoms with van der Waals surface area (Å²) in [5, 5.41) is 13.7. The number of nitrogens with one attached hydrogen (secondary N) is 1. The zero-order valence-corrected chi connectivity index (χ0v) is 15.6. The quantitative estimate of drug-likeness (QED) is 0.692. The van der Waals surface area contributed by atoms with Crippen molar-refractivity contribution in [1.29, 1.82) is 0 Å². The molecule has 0 aliphatic heterocycles. The van der Waals surface area contributed by atoms with Crippen LogP contribution in [0.15, 0.2) is 36.9 Å². The van der Waals surface area contributed by atoms with E-state index in [0.717, 1.165) is 25.9 Å². The molecule has 0 saturated heterocycles. The van der Waals surface area contributed by atoms with E-state index in [1.165, 1.54) is 24.8 Å². The van der Waals surface area contributed by atoms with Crippen molar-refractivity contribution in [3.05, 3.63) is 42.5 Å². The van der Waals surface area contributed by atoms with Gasteiger partial charge in [-0.25, -0.2) is 0 Å². The van der Waals surface area contributed by atoms with Crippen molar-refractivity contribution in [2.45, 2.75) is 70.5 Å². The summed E-state index contributed by atoms with van der Waals surface area (Å²) < 4.78 is 0. The van der Waals surface area contributed by atoms with Crippen molar-refractivity contribution in [2.24, 2.45) is 0 Å². The lowest BCUT2D eigenvalue weighted by molar-refractivity contribution is 0.113.